The lowest BCUT2D eigenvalue weighted by molar-refractivity contribution is -0.0390. The molecule has 1 aromatic carbocycles. The molecule has 0 atom stereocenters. The van der Waals surface area contributed by atoms with Gasteiger partial charge in [0.05, 0.1) is 18.3 Å². The van der Waals surface area contributed by atoms with E-state index in [4.69, 9.17) is 14.6 Å². The highest BCUT2D eigenvalue weighted by Crippen LogP contribution is 2.13. The number of ether oxygens (including phenoxy) is 2. The van der Waals surface area contributed by atoms with Gasteiger partial charge in [-0.05, 0) is 30.5 Å². The van der Waals surface area contributed by atoms with Crippen molar-refractivity contribution in [1.82, 2.24) is 0 Å². The lowest BCUT2D eigenvalue weighted by Gasteiger charge is -2.22. The van der Waals surface area contributed by atoms with Crippen molar-refractivity contribution in [3.8, 4) is 0 Å². The van der Waals surface area contributed by atoms with Gasteiger partial charge in [-0.2, -0.15) is 0 Å². The Hall–Kier alpha value is -1.39. The zero-order valence-corrected chi connectivity index (χ0v) is 9.59. The molecule has 1 aromatic rings. The number of aromatic carboxylic acids is 1. The molecular formula is C13H16O4. The molecule has 1 aliphatic rings. The number of rotatable bonds is 4. The Labute approximate surface area is 100 Å². The number of carboxylic acid groups (broad SMARTS) is 1. The van der Waals surface area contributed by atoms with E-state index in [2.05, 4.69) is 0 Å². The monoisotopic (exact) mass is 236 g/mol. The number of carboxylic acids is 1. The van der Waals surface area contributed by atoms with Crippen molar-refractivity contribution < 1.29 is 19.4 Å². The maximum atomic E-state index is 10.7. The first-order valence-electron chi connectivity index (χ1n) is 5.77. The smallest absolute Gasteiger partial charge is 0.335 e. The maximum Gasteiger partial charge on any atom is 0.335 e. The van der Waals surface area contributed by atoms with Gasteiger partial charge in [0.25, 0.3) is 0 Å². The summed E-state index contributed by atoms with van der Waals surface area (Å²) in [6.07, 6.45) is 2.14. The van der Waals surface area contributed by atoms with Crippen molar-refractivity contribution in [1.29, 1.82) is 0 Å². The van der Waals surface area contributed by atoms with Crippen LogP contribution in [0.3, 0.4) is 0 Å². The highest BCUT2D eigenvalue weighted by molar-refractivity contribution is 5.87. The van der Waals surface area contributed by atoms with E-state index in [1.54, 1.807) is 24.3 Å². The molecule has 4 heteroatoms. The SMILES string of the molecule is O=C(O)c1ccc(COC2CCOCC2)cc1. The Morgan fingerprint density at radius 2 is 1.94 bits per heavy atom. The zero-order chi connectivity index (χ0) is 12.1. The number of carbonyl (C=O) groups is 1. The van der Waals surface area contributed by atoms with Crippen molar-refractivity contribution in [3.05, 3.63) is 35.4 Å². The first-order valence-corrected chi connectivity index (χ1v) is 5.77. The molecule has 0 spiro atoms. The Kier molecular flexibility index (Phi) is 4.12. The van der Waals surface area contributed by atoms with Crippen LogP contribution in [0.25, 0.3) is 0 Å². The lowest BCUT2D eigenvalue weighted by Crippen LogP contribution is -2.23. The van der Waals surface area contributed by atoms with Gasteiger partial charge >= 0.3 is 5.97 Å². The van der Waals surface area contributed by atoms with E-state index in [0.29, 0.717) is 12.2 Å². The van der Waals surface area contributed by atoms with Gasteiger partial charge in [0.2, 0.25) is 0 Å². The van der Waals surface area contributed by atoms with E-state index in [1.165, 1.54) is 0 Å². The molecule has 0 bridgehead atoms. The number of hydrogen-bond acceptors (Lipinski definition) is 3. The van der Waals surface area contributed by atoms with Crippen molar-refractivity contribution >= 4 is 5.97 Å². The van der Waals surface area contributed by atoms with Gasteiger partial charge < -0.3 is 14.6 Å². The molecule has 0 saturated carbocycles. The largest absolute Gasteiger partial charge is 0.478 e. The van der Waals surface area contributed by atoms with E-state index in [1.807, 2.05) is 0 Å². The molecule has 4 nitrogen and oxygen atoms in total. The molecule has 0 radical (unpaired) electrons. The van der Waals surface area contributed by atoms with Crippen LogP contribution >= 0.6 is 0 Å². The Bertz CT molecular complexity index is 366. The molecular weight excluding hydrogens is 220 g/mol. The fraction of sp³-hybridized carbons (Fsp3) is 0.462. The van der Waals surface area contributed by atoms with Gasteiger partial charge in [0.15, 0.2) is 0 Å². The van der Waals surface area contributed by atoms with Crippen LogP contribution in [0.15, 0.2) is 24.3 Å². The highest BCUT2D eigenvalue weighted by Gasteiger charge is 2.13. The molecule has 0 amide bonds. The predicted molar refractivity (Wildman–Crippen MR) is 62.0 cm³/mol. The van der Waals surface area contributed by atoms with Crippen molar-refractivity contribution in [2.45, 2.75) is 25.6 Å². The third-order valence-corrected chi connectivity index (χ3v) is 2.85. The summed E-state index contributed by atoms with van der Waals surface area (Å²) in [5, 5.41) is 8.76. The van der Waals surface area contributed by atoms with Gasteiger partial charge in [-0.15, -0.1) is 0 Å². The topological polar surface area (TPSA) is 55.8 Å². The quantitative estimate of drug-likeness (QED) is 0.869. The summed E-state index contributed by atoms with van der Waals surface area (Å²) in [7, 11) is 0. The second-order valence-electron chi connectivity index (χ2n) is 4.12. The zero-order valence-electron chi connectivity index (χ0n) is 9.59. The fourth-order valence-corrected chi connectivity index (χ4v) is 1.80. The van der Waals surface area contributed by atoms with Crippen LogP contribution in [-0.2, 0) is 16.1 Å². The average Bonchev–Trinajstić information content (AvgIpc) is 2.38. The van der Waals surface area contributed by atoms with Crippen molar-refractivity contribution in [3.63, 3.8) is 0 Å². The summed E-state index contributed by atoms with van der Waals surface area (Å²) in [6, 6.07) is 6.79. The number of benzene rings is 1. The Morgan fingerprint density at radius 1 is 1.29 bits per heavy atom. The van der Waals surface area contributed by atoms with E-state index in [-0.39, 0.29) is 6.10 Å². The van der Waals surface area contributed by atoms with E-state index in [0.717, 1.165) is 31.6 Å². The minimum Gasteiger partial charge on any atom is -0.478 e. The minimum absolute atomic E-state index is 0.267. The molecule has 0 aromatic heterocycles. The summed E-state index contributed by atoms with van der Waals surface area (Å²) < 4.78 is 11.0. The van der Waals surface area contributed by atoms with Crippen LogP contribution in [0, 0.1) is 0 Å². The van der Waals surface area contributed by atoms with Gasteiger partial charge in [-0.3, -0.25) is 0 Å². The van der Waals surface area contributed by atoms with Crippen LogP contribution < -0.4 is 0 Å². The lowest BCUT2D eigenvalue weighted by atomic mass is 10.1. The van der Waals surface area contributed by atoms with Crippen molar-refractivity contribution in [2.24, 2.45) is 0 Å². The Morgan fingerprint density at radius 3 is 2.53 bits per heavy atom. The van der Waals surface area contributed by atoms with Gasteiger partial charge in [0, 0.05) is 13.2 Å². The first kappa shape index (κ1) is 12.1. The third-order valence-electron chi connectivity index (χ3n) is 2.85. The maximum absolute atomic E-state index is 10.7. The van der Waals surface area contributed by atoms with Crippen LogP contribution in [0.5, 0.6) is 0 Å². The van der Waals surface area contributed by atoms with E-state index >= 15 is 0 Å². The van der Waals surface area contributed by atoms with Gasteiger partial charge in [0.1, 0.15) is 0 Å². The summed E-state index contributed by atoms with van der Waals surface area (Å²) >= 11 is 0. The summed E-state index contributed by atoms with van der Waals surface area (Å²) in [4.78, 5) is 10.7. The van der Waals surface area contributed by atoms with Crippen LogP contribution in [0.4, 0.5) is 0 Å². The normalized spacial score (nSPS) is 16.9. The standard InChI is InChI=1S/C13H16O4/c14-13(15)11-3-1-10(2-4-11)9-17-12-5-7-16-8-6-12/h1-4,12H,5-9H2,(H,14,15). The summed E-state index contributed by atoms with van der Waals surface area (Å²) in [6.45, 7) is 2.07. The second-order valence-corrected chi connectivity index (χ2v) is 4.12. The minimum atomic E-state index is -0.901. The van der Waals surface area contributed by atoms with Gasteiger partial charge in [-0.25, -0.2) is 4.79 Å². The molecule has 0 aliphatic carbocycles. The molecule has 1 aliphatic heterocycles. The van der Waals surface area contributed by atoms with Crippen LogP contribution in [0.2, 0.25) is 0 Å². The first-order chi connectivity index (χ1) is 8.25. The summed E-state index contributed by atoms with van der Waals surface area (Å²) in [5.41, 5.74) is 1.31. The molecule has 0 unspecified atom stereocenters. The molecule has 92 valence electrons. The average molecular weight is 236 g/mol. The molecule has 1 fully saturated rings. The predicted octanol–water partition coefficient (Wildman–Crippen LogP) is 2.08. The van der Waals surface area contributed by atoms with Crippen LogP contribution in [0.1, 0.15) is 28.8 Å². The molecule has 1 saturated heterocycles. The van der Waals surface area contributed by atoms with Crippen molar-refractivity contribution in [2.75, 3.05) is 13.2 Å². The molecule has 17 heavy (non-hydrogen) atoms. The van der Waals surface area contributed by atoms with Crippen LogP contribution in [-0.4, -0.2) is 30.4 Å². The van der Waals surface area contributed by atoms with E-state index < -0.39 is 5.97 Å². The van der Waals surface area contributed by atoms with Gasteiger partial charge in [-0.1, -0.05) is 12.1 Å². The second kappa shape index (κ2) is 5.80. The molecule has 2 rings (SSSR count). The third kappa shape index (κ3) is 3.54. The molecule has 1 N–H and O–H groups in total. The van der Waals surface area contributed by atoms with E-state index in [9.17, 15) is 4.79 Å². The highest BCUT2D eigenvalue weighted by atomic mass is 16.5. The fourth-order valence-electron chi connectivity index (χ4n) is 1.80. The number of hydrogen-bond donors (Lipinski definition) is 1. The molecule has 1 heterocycles. The summed E-state index contributed by atoms with van der Waals surface area (Å²) in [5.74, 6) is -0.901. The Balaban J connectivity index is 1.84.